The summed E-state index contributed by atoms with van der Waals surface area (Å²) < 4.78 is 39.3. The zero-order chi connectivity index (χ0) is 34.6. The van der Waals surface area contributed by atoms with Crippen molar-refractivity contribution in [1.82, 2.24) is 4.72 Å². The van der Waals surface area contributed by atoms with Crippen LogP contribution in [0.1, 0.15) is 80.8 Å². The normalized spacial score (nSPS) is 30.7. The number of nitrogens with zero attached hydrogens (tertiary/aromatic N) is 2. The monoisotopic (exact) mass is 711 g/mol. The molecule has 3 aliphatic carbocycles. The highest BCUT2D eigenvalue weighted by molar-refractivity contribution is 7.92. The number of aryl methyl sites for hydroxylation is 1. The lowest BCUT2D eigenvalue weighted by Crippen LogP contribution is -2.49. The molecule has 1 N–H and O–H groups in total. The molecule has 7 rings (SSSR count). The van der Waals surface area contributed by atoms with Gasteiger partial charge in [0.25, 0.3) is 5.91 Å². The Kier molecular flexibility index (Phi) is 9.56. The zero-order valence-electron chi connectivity index (χ0n) is 29.2. The molecule has 8 atom stereocenters. The van der Waals surface area contributed by atoms with E-state index in [1.165, 1.54) is 11.1 Å². The van der Waals surface area contributed by atoms with Crippen LogP contribution >= 0.6 is 11.6 Å². The summed E-state index contributed by atoms with van der Waals surface area (Å²) in [5.74, 6) is 0.942. The first-order chi connectivity index (χ1) is 23.5. The van der Waals surface area contributed by atoms with Crippen molar-refractivity contribution in [2.45, 2.75) is 77.2 Å². The molecule has 2 aromatic carbocycles. The highest BCUT2D eigenvalue weighted by atomic mass is 35.5. The number of nitrogens with one attached hydrogen (secondary N) is 1. The van der Waals surface area contributed by atoms with Crippen LogP contribution in [-0.4, -0.2) is 67.9 Å². The Hall–Kier alpha value is -2.66. The lowest BCUT2D eigenvalue weighted by atomic mass is 9.68. The molecule has 266 valence electrons. The number of methoxy groups -OCH3 is 1. The Balaban J connectivity index is 1.23. The van der Waals surface area contributed by atoms with Crippen LogP contribution in [0.5, 0.6) is 5.75 Å². The number of ether oxygens (including phenoxy) is 3. The van der Waals surface area contributed by atoms with Crippen LogP contribution in [0.15, 0.2) is 40.8 Å². The van der Waals surface area contributed by atoms with Crippen LogP contribution in [0, 0.1) is 29.1 Å². The van der Waals surface area contributed by atoms with Gasteiger partial charge in [-0.15, -0.1) is 4.36 Å². The lowest BCUT2D eigenvalue weighted by molar-refractivity contribution is -0.125. The summed E-state index contributed by atoms with van der Waals surface area (Å²) in [5.41, 5.74) is 2.85. The number of amides is 2. The molecule has 2 heterocycles. The molecule has 1 spiro atoms. The molecule has 2 aliphatic heterocycles. The predicted octanol–water partition coefficient (Wildman–Crippen LogP) is 6.60. The van der Waals surface area contributed by atoms with Crippen LogP contribution in [0.4, 0.5) is 5.69 Å². The van der Waals surface area contributed by atoms with E-state index in [1.54, 1.807) is 13.2 Å². The maximum atomic E-state index is 14.3. The van der Waals surface area contributed by atoms with Gasteiger partial charge >= 0.3 is 0 Å². The molecule has 0 bridgehead atoms. The molecule has 5 aliphatic rings. The second-order valence-corrected chi connectivity index (χ2v) is 17.9. The third-order valence-corrected chi connectivity index (χ3v) is 14.5. The van der Waals surface area contributed by atoms with Gasteiger partial charge in [0.15, 0.2) is 0 Å². The summed E-state index contributed by atoms with van der Waals surface area (Å²) in [6.07, 6.45) is 6.89. The smallest absolute Gasteiger partial charge is 0.286 e. The van der Waals surface area contributed by atoms with Crippen molar-refractivity contribution in [3.63, 3.8) is 0 Å². The van der Waals surface area contributed by atoms with E-state index < -0.39 is 21.2 Å². The first-order valence-electron chi connectivity index (χ1n) is 18.0. The summed E-state index contributed by atoms with van der Waals surface area (Å²) in [4.78, 5) is 29.8. The van der Waals surface area contributed by atoms with Crippen LogP contribution < -0.4 is 14.4 Å². The van der Waals surface area contributed by atoms with Crippen molar-refractivity contribution in [2.75, 3.05) is 50.7 Å². The van der Waals surface area contributed by atoms with E-state index in [0.717, 1.165) is 74.5 Å². The number of hydrogen-bond acceptors (Lipinski definition) is 7. The number of carbonyl (C=O) groups is 2. The molecule has 49 heavy (non-hydrogen) atoms. The highest BCUT2D eigenvalue weighted by Gasteiger charge is 2.64. The summed E-state index contributed by atoms with van der Waals surface area (Å²) in [7, 11) is -1.60. The van der Waals surface area contributed by atoms with Crippen molar-refractivity contribution in [1.29, 1.82) is 0 Å². The van der Waals surface area contributed by atoms with Crippen molar-refractivity contribution >= 4 is 39.0 Å². The number of fused-ring (bicyclic) bond motifs is 4. The fraction of sp³-hybridized carbons (Fsp3) is 0.632. The van der Waals surface area contributed by atoms with E-state index in [1.807, 2.05) is 32.0 Å². The minimum atomic E-state index is -3.38. The van der Waals surface area contributed by atoms with Crippen molar-refractivity contribution in [2.24, 2.45) is 33.4 Å². The zero-order valence-corrected chi connectivity index (χ0v) is 30.7. The van der Waals surface area contributed by atoms with Gasteiger partial charge in [0.1, 0.15) is 15.7 Å². The second-order valence-electron chi connectivity index (χ2n) is 15.4. The van der Waals surface area contributed by atoms with E-state index in [4.69, 9.17) is 25.8 Å². The molecule has 0 aromatic heterocycles. The minimum absolute atomic E-state index is 0.00183. The quantitative estimate of drug-likeness (QED) is 0.296. The van der Waals surface area contributed by atoms with Gasteiger partial charge in [-0.05, 0) is 105 Å². The first kappa shape index (κ1) is 34.8. The molecular weight excluding hydrogens is 662 g/mol. The molecule has 2 amide bonds. The predicted molar refractivity (Wildman–Crippen MR) is 192 cm³/mol. The van der Waals surface area contributed by atoms with Gasteiger partial charge in [0.2, 0.25) is 5.91 Å². The second kappa shape index (κ2) is 13.5. The van der Waals surface area contributed by atoms with E-state index in [0.29, 0.717) is 37.2 Å². The number of carbonyl (C=O) groups excluding carboxylic acids is 2. The third kappa shape index (κ3) is 6.63. The topological polar surface area (TPSA) is 107 Å². The van der Waals surface area contributed by atoms with Crippen LogP contribution in [0.25, 0.3) is 0 Å². The van der Waals surface area contributed by atoms with Gasteiger partial charge in [0.05, 0.1) is 42.8 Å². The fourth-order valence-corrected chi connectivity index (χ4v) is 11.0. The highest BCUT2D eigenvalue weighted by Crippen LogP contribution is 2.57. The van der Waals surface area contributed by atoms with Crippen molar-refractivity contribution in [3.05, 3.63) is 58.1 Å². The Morgan fingerprint density at radius 2 is 2.02 bits per heavy atom. The van der Waals surface area contributed by atoms with Gasteiger partial charge in [-0.2, -0.15) is 0 Å². The number of hydrogen-bond donors (Lipinski definition) is 1. The van der Waals surface area contributed by atoms with Gasteiger partial charge < -0.3 is 19.1 Å². The molecule has 9 nitrogen and oxygen atoms in total. The number of anilines is 1. The summed E-state index contributed by atoms with van der Waals surface area (Å²) in [5, 5.41) is 0.748. The molecule has 2 unspecified atom stereocenters. The number of rotatable bonds is 10. The average molecular weight is 712 g/mol. The summed E-state index contributed by atoms with van der Waals surface area (Å²) in [6.45, 7) is 9.04. The number of benzene rings is 2. The summed E-state index contributed by atoms with van der Waals surface area (Å²) >= 11 is 6.45. The molecule has 1 saturated heterocycles. The van der Waals surface area contributed by atoms with E-state index in [-0.39, 0.29) is 35.0 Å². The maximum Gasteiger partial charge on any atom is 0.286 e. The van der Waals surface area contributed by atoms with Crippen molar-refractivity contribution in [3.8, 4) is 5.75 Å². The molecule has 2 saturated carbocycles. The molecule has 3 fully saturated rings. The molecule has 2 aromatic rings. The Morgan fingerprint density at radius 1 is 1.18 bits per heavy atom. The maximum absolute atomic E-state index is 14.3. The lowest BCUT2D eigenvalue weighted by Gasteiger charge is -2.45. The molecule has 0 radical (unpaired) electrons. The summed E-state index contributed by atoms with van der Waals surface area (Å²) in [6, 6.07) is 11.7. The van der Waals surface area contributed by atoms with Gasteiger partial charge in [-0.3, -0.25) is 14.3 Å². The van der Waals surface area contributed by atoms with Crippen LogP contribution in [-0.2, 0) is 36.0 Å². The largest absolute Gasteiger partial charge is 0.490 e. The first-order valence-corrected chi connectivity index (χ1v) is 20.1. The standard InChI is InChI=1S/C38H50ClN3O6S/c1-5-24(2)20-49(45,41-36(44)38-17-29(38)19-47-23-38)40-35(43)27-9-13-34-33(16-27)42(18-28-8-11-31(28)25(3)46-4)21-37(22-48-34)14-6-7-26-15-30(39)10-12-32(26)37/h9-10,12-13,15-16,24-25,28-29,31H,5-8,11,14,17-23H2,1-4H3,(H,40,41,43,44,45)/t24-,25-,28-,29?,31-,37-,38+,49?/m0/s1. The molecule has 11 heteroatoms. The fourth-order valence-electron chi connectivity index (χ4n) is 8.69. The average Bonchev–Trinajstić information content (AvgIpc) is 3.68. The Bertz CT molecular complexity index is 1740. The minimum Gasteiger partial charge on any atom is -0.490 e. The van der Waals surface area contributed by atoms with Crippen LogP contribution in [0.3, 0.4) is 0 Å². The Labute approximate surface area is 296 Å². The van der Waals surface area contributed by atoms with Crippen molar-refractivity contribution < 1.29 is 28.0 Å². The van der Waals surface area contributed by atoms with Gasteiger partial charge in [-0.25, -0.2) is 4.21 Å². The van der Waals surface area contributed by atoms with E-state index in [9.17, 15) is 13.8 Å². The SMILES string of the molecule is CC[C@H](C)CS(=O)(=NC(=O)c1ccc2c(c1)N(C[C@@H]1CC[C@H]1[C@H](C)OC)C[C@@]1(CCCc3cc(Cl)ccc31)CO2)NC(=O)[C@]12COCC1C2. The number of halogens is 1. The van der Waals surface area contributed by atoms with Crippen LogP contribution in [0.2, 0.25) is 5.02 Å². The van der Waals surface area contributed by atoms with Gasteiger partial charge in [0, 0.05) is 42.1 Å². The molecular formula is C38H50ClN3O6S. The van der Waals surface area contributed by atoms with E-state index >= 15 is 0 Å². The Morgan fingerprint density at radius 3 is 2.71 bits per heavy atom. The third-order valence-electron chi connectivity index (χ3n) is 12.2. The van der Waals surface area contributed by atoms with E-state index in [2.05, 4.69) is 33.0 Å². The van der Waals surface area contributed by atoms with Gasteiger partial charge in [-0.1, -0.05) is 37.9 Å².